The summed E-state index contributed by atoms with van der Waals surface area (Å²) < 4.78 is 7.32. The van der Waals surface area contributed by atoms with Crippen molar-refractivity contribution in [3.05, 3.63) is 11.9 Å². The monoisotopic (exact) mass is 196 g/mol. The predicted molar refractivity (Wildman–Crippen MR) is 51.7 cm³/mol. The quantitative estimate of drug-likeness (QED) is 0.754. The molecule has 1 aromatic heterocycles. The lowest BCUT2D eigenvalue weighted by molar-refractivity contribution is 0.0529. The molecule has 0 amide bonds. The number of hydrogen-bond acceptors (Lipinski definition) is 4. The molecule has 0 aliphatic carbocycles. The average molecular weight is 196 g/mol. The molecule has 2 N–H and O–H groups in total. The maximum Gasteiger partial charge on any atom is 0.0775 e. The summed E-state index contributed by atoms with van der Waals surface area (Å²) in [6, 6.07) is 0.291. The van der Waals surface area contributed by atoms with E-state index < -0.39 is 0 Å². The van der Waals surface area contributed by atoms with Gasteiger partial charge in [0.25, 0.3) is 0 Å². The van der Waals surface area contributed by atoms with Crippen molar-refractivity contribution in [1.29, 1.82) is 0 Å². The largest absolute Gasteiger partial charge is 0.379 e. The summed E-state index contributed by atoms with van der Waals surface area (Å²) in [7, 11) is 0. The van der Waals surface area contributed by atoms with Crippen LogP contribution in [-0.4, -0.2) is 28.2 Å². The zero-order valence-electron chi connectivity index (χ0n) is 8.39. The fourth-order valence-corrected chi connectivity index (χ4v) is 1.78. The molecule has 1 aliphatic rings. The molecule has 1 aromatic rings. The lowest BCUT2D eigenvalue weighted by Crippen LogP contribution is -2.25. The summed E-state index contributed by atoms with van der Waals surface area (Å²) in [5, 5.41) is 7.96. The lowest BCUT2D eigenvalue weighted by atomic mass is 10.1. The molecule has 2 rings (SSSR count). The van der Waals surface area contributed by atoms with Gasteiger partial charge in [-0.25, -0.2) is 4.68 Å². The van der Waals surface area contributed by atoms with Crippen LogP contribution in [-0.2, 0) is 4.74 Å². The molecule has 14 heavy (non-hydrogen) atoms. The van der Waals surface area contributed by atoms with Crippen molar-refractivity contribution in [2.45, 2.75) is 31.8 Å². The van der Waals surface area contributed by atoms with Gasteiger partial charge in [0.15, 0.2) is 0 Å². The van der Waals surface area contributed by atoms with Gasteiger partial charge in [-0.2, -0.15) is 0 Å². The molecular formula is C9H16N4O. The molecule has 5 heteroatoms. The van der Waals surface area contributed by atoms with Crippen molar-refractivity contribution in [1.82, 2.24) is 15.0 Å². The topological polar surface area (TPSA) is 66.0 Å². The van der Waals surface area contributed by atoms with Crippen LogP contribution in [0.25, 0.3) is 0 Å². The zero-order valence-corrected chi connectivity index (χ0v) is 8.39. The molecule has 1 unspecified atom stereocenters. The first-order valence-corrected chi connectivity index (χ1v) is 5.02. The Labute approximate surface area is 83.2 Å². The molecule has 5 nitrogen and oxygen atoms in total. The van der Waals surface area contributed by atoms with E-state index in [0.29, 0.717) is 6.04 Å². The summed E-state index contributed by atoms with van der Waals surface area (Å²) in [6.45, 7) is 3.53. The van der Waals surface area contributed by atoms with Gasteiger partial charge in [-0.1, -0.05) is 5.21 Å². The van der Waals surface area contributed by atoms with E-state index in [1.807, 2.05) is 11.6 Å². The molecule has 78 valence electrons. The number of hydrogen-bond donors (Lipinski definition) is 1. The third kappa shape index (κ3) is 1.78. The van der Waals surface area contributed by atoms with Crippen LogP contribution in [0.5, 0.6) is 0 Å². The molecular weight excluding hydrogens is 180 g/mol. The summed E-state index contributed by atoms with van der Waals surface area (Å²) >= 11 is 0. The summed E-state index contributed by atoms with van der Waals surface area (Å²) in [4.78, 5) is 0. The van der Waals surface area contributed by atoms with Crippen LogP contribution in [0, 0.1) is 0 Å². The number of aromatic nitrogens is 3. The highest BCUT2D eigenvalue weighted by Crippen LogP contribution is 2.21. The number of rotatable bonds is 2. The van der Waals surface area contributed by atoms with E-state index in [2.05, 4.69) is 10.3 Å². The van der Waals surface area contributed by atoms with Gasteiger partial charge in [0.1, 0.15) is 0 Å². The first kappa shape index (κ1) is 9.61. The molecule has 2 atom stereocenters. The smallest absolute Gasteiger partial charge is 0.0775 e. The third-order valence-corrected chi connectivity index (χ3v) is 2.55. The van der Waals surface area contributed by atoms with Crippen molar-refractivity contribution in [3.63, 3.8) is 0 Å². The Morgan fingerprint density at radius 3 is 3.21 bits per heavy atom. The minimum Gasteiger partial charge on any atom is -0.379 e. The number of nitrogens with two attached hydrogens (primary N) is 1. The highest BCUT2D eigenvalue weighted by atomic mass is 16.5. The summed E-state index contributed by atoms with van der Waals surface area (Å²) in [6.07, 6.45) is 3.92. The fourth-order valence-electron chi connectivity index (χ4n) is 1.78. The van der Waals surface area contributed by atoms with Gasteiger partial charge in [0.2, 0.25) is 0 Å². The van der Waals surface area contributed by atoms with Gasteiger partial charge in [0.05, 0.1) is 24.5 Å². The molecule has 0 aromatic carbocycles. The van der Waals surface area contributed by atoms with Crippen LogP contribution >= 0.6 is 0 Å². The van der Waals surface area contributed by atoms with E-state index in [0.717, 1.165) is 31.7 Å². The minimum atomic E-state index is -0.0214. The van der Waals surface area contributed by atoms with E-state index in [1.165, 1.54) is 0 Å². The standard InChI is InChI=1S/C9H16N4O/c1-7(10)9-5-11-12-13(9)8-3-2-4-14-6-8/h5,7-8H,2-4,6,10H2,1H3/t7-,8?/m0/s1. The Morgan fingerprint density at radius 2 is 2.57 bits per heavy atom. The number of nitrogens with zero attached hydrogens (tertiary/aromatic N) is 3. The van der Waals surface area contributed by atoms with E-state index in [9.17, 15) is 0 Å². The summed E-state index contributed by atoms with van der Waals surface area (Å²) in [5.41, 5.74) is 6.81. The lowest BCUT2D eigenvalue weighted by Gasteiger charge is -2.24. The van der Waals surface area contributed by atoms with Crippen LogP contribution in [0.2, 0.25) is 0 Å². The van der Waals surface area contributed by atoms with Gasteiger partial charge in [-0.15, -0.1) is 5.10 Å². The minimum absolute atomic E-state index is 0.0214. The maximum atomic E-state index is 5.82. The SMILES string of the molecule is C[C@H](N)c1cnnn1C1CCCOC1. The van der Waals surface area contributed by atoms with Crippen LogP contribution < -0.4 is 5.73 Å². The first-order valence-electron chi connectivity index (χ1n) is 5.02. The second-order valence-electron chi connectivity index (χ2n) is 3.76. The van der Waals surface area contributed by atoms with Gasteiger partial charge in [-0.3, -0.25) is 0 Å². The van der Waals surface area contributed by atoms with E-state index in [-0.39, 0.29) is 6.04 Å². The fraction of sp³-hybridized carbons (Fsp3) is 0.778. The van der Waals surface area contributed by atoms with Gasteiger partial charge in [-0.05, 0) is 19.8 Å². The molecule has 0 bridgehead atoms. The van der Waals surface area contributed by atoms with Crippen molar-refractivity contribution in [2.75, 3.05) is 13.2 Å². The normalized spacial score (nSPS) is 24.9. The zero-order chi connectivity index (χ0) is 9.97. The molecule has 0 saturated carbocycles. The highest BCUT2D eigenvalue weighted by molar-refractivity contribution is 5.01. The summed E-state index contributed by atoms with van der Waals surface area (Å²) in [5.74, 6) is 0. The maximum absolute atomic E-state index is 5.82. The van der Waals surface area contributed by atoms with Gasteiger partial charge in [0, 0.05) is 12.6 Å². The van der Waals surface area contributed by atoms with Crippen molar-refractivity contribution < 1.29 is 4.74 Å². The van der Waals surface area contributed by atoms with Crippen molar-refractivity contribution in [3.8, 4) is 0 Å². The highest BCUT2D eigenvalue weighted by Gasteiger charge is 2.20. The Hall–Kier alpha value is -0.940. The van der Waals surface area contributed by atoms with Crippen LogP contribution in [0.4, 0.5) is 0 Å². The van der Waals surface area contributed by atoms with Crippen molar-refractivity contribution in [2.24, 2.45) is 5.73 Å². The molecule has 1 saturated heterocycles. The van der Waals surface area contributed by atoms with Gasteiger partial charge >= 0.3 is 0 Å². The average Bonchev–Trinajstić information content (AvgIpc) is 2.67. The van der Waals surface area contributed by atoms with Crippen molar-refractivity contribution >= 4 is 0 Å². The Balaban J connectivity index is 2.17. The molecule has 0 radical (unpaired) electrons. The van der Waals surface area contributed by atoms with E-state index >= 15 is 0 Å². The van der Waals surface area contributed by atoms with Crippen LogP contribution in [0.3, 0.4) is 0 Å². The number of ether oxygens (including phenoxy) is 1. The van der Waals surface area contributed by atoms with Gasteiger partial charge < -0.3 is 10.5 Å². The molecule has 2 heterocycles. The Bertz CT molecular complexity index is 291. The molecule has 1 aliphatic heterocycles. The Morgan fingerprint density at radius 1 is 1.71 bits per heavy atom. The van der Waals surface area contributed by atoms with E-state index in [1.54, 1.807) is 6.20 Å². The predicted octanol–water partition coefficient (Wildman–Crippen LogP) is 0.649. The third-order valence-electron chi connectivity index (χ3n) is 2.55. The second-order valence-corrected chi connectivity index (χ2v) is 3.76. The van der Waals surface area contributed by atoms with E-state index in [4.69, 9.17) is 10.5 Å². The second kappa shape index (κ2) is 4.06. The van der Waals surface area contributed by atoms with Crippen LogP contribution in [0.1, 0.15) is 37.5 Å². The first-order chi connectivity index (χ1) is 6.79. The molecule has 1 fully saturated rings. The van der Waals surface area contributed by atoms with Crippen LogP contribution in [0.15, 0.2) is 6.20 Å². The molecule has 0 spiro atoms. The Kier molecular flexibility index (Phi) is 2.79.